The second-order valence-electron chi connectivity index (χ2n) is 13.0. The molecule has 1 aliphatic heterocycles. The van der Waals surface area contributed by atoms with Gasteiger partial charge in [0, 0.05) is 57.7 Å². The van der Waals surface area contributed by atoms with E-state index in [1.54, 1.807) is 17.4 Å². The summed E-state index contributed by atoms with van der Waals surface area (Å²) in [6.45, 7) is 25.0. The lowest BCUT2D eigenvalue weighted by Crippen LogP contribution is -2.54. The van der Waals surface area contributed by atoms with Gasteiger partial charge < -0.3 is 31.1 Å². The van der Waals surface area contributed by atoms with Crippen molar-refractivity contribution in [1.29, 1.82) is 0 Å². The fourth-order valence-electron chi connectivity index (χ4n) is 4.34. The smallest absolute Gasteiger partial charge is 0.315 e. The van der Waals surface area contributed by atoms with Crippen molar-refractivity contribution in [2.75, 3.05) is 47.4 Å². The van der Waals surface area contributed by atoms with Gasteiger partial charge in [0.2, 0.25) is 5.91 Å². The number of carboxylic acids is 1. The van der Waals surface area contributed by atoms with E-state index in [1.807, 2.05) is 78.6 Å². The molecular formula is C40H77N5O6S. The number of nitrogens with one attached hydrogen (secondary N) is 3. The number of amides is 3. The number of urea groups is 1. The summed E-state index contributed by atoms with van der Waals surface area (Å²) in [5, 5.41) is 23.2. The zero-order chi connectivity index (χ0) is 41.7. The number of likely N-dealkylation sites (N-methyl/N-ethyl adjacent to an activating group) is 1. The zero-order valence-corrected chi connectivity index (χ0v) is 35.8. The Kier molecular flexibility index (Phi) is 43.5. The van der Waals surface area contributed by atoms with Crippen molar-refractivity contribution in [3.63, 3.8) is 0 Å². The molecule has 0 aromatic heterocycles. The van der Waals surface area contributed by atoms with Gasteiger partial charge in [-0.3, -0.25) is 9.59 Å². The molecule has 1 heterocycles. The summed E-state index contributed by atoms with van der Waals surface area (Å²) in [6, 6.07) is -0.364. The lowest BCUT2D eigenvalue weighted by atomic mass is 9.87. The van der Waals surface area contributed by atoms with Crippen molar-refractivity contribution in [1.82, 2.24) is 25.2 Å². The maximum absolute atomic E-state index is 12.4. The van der Waals surface area contributed by atoms with E-state index in [2.05, 4.69) is 61.4 Å². The number of terminal acetylenes is 1. The molecular weight excluding hydrogens is 679 g/mol. The molecule has 0 spiro atoms. The standard InChI is InChI=1S/C19H36N4O3S.C11H23N.C5H8.C2H4O2.C2H2.CH4O/c1-8-15(3)27(26)22(7)13-16(19(4,5)6)21-18(25)20-12-17(24)23-11-9-10-14(23)2;1-4-5-6-7-8-9-11(2)10-12-3;1-3-5-4-2;1-2(3)4;2*1-2/h8,14,16H,9-13H2,1-7H3,(H2,20,21,25);8-9,11-12H,4-7,10H2,1-3H3;3-5H,1H2,2H3;1H3,(H,3,4);1-2H;2H,1H3/b15-8+;9-8-;5-4-;;;/t14-,16?,27?;;;;;/m1...../s1. The van der Waals surface area contributed by atoms with Crippen LogP contribution in [0.1, 0.15) is 108 Å². The third-order valence-electron chi connectivity index (χ3n) is 7.32. The first-order valence-electron chi connectivity index (χ1n) is 18.0. The van der Waals surface area contributed by atoms with Gasteiger partial charge in [0.15, 0.2) is 0 Å². The average Bonchev–Trinajstić information content (AvgIpc) is 3.54. The quantitative estimate of drug-likeness (QED) is 0.0528. The molecule has 12 heteroatoms. The molecule has 0 radical (unpaired) electrons. The Labute approximate surface area is 321 Å². The number of hydrogen-bond donors (Lipinski definition) is 5. The summed E-state index contributed by atoms with van der Waals surface area (Å²) >= 11 is 0. The molecule has 3 amide bonds. The minimum atomic E-state index is -1.23. The van der Waals surface area contributed by atoms with Gasteiger partial charge in [-0.15, -0.1) is 12.8 Å². The largest absolute Gasteiger partial charge is 0.481 e. The van der Waals surface area contributed by atoms with Crippen molar-refractivity contribution >= 4 is 28.9 Å². The second-order valence-corrected chi connectivity index (χ2v) is 14.8. The number of unbranched alkanes of at least 4 members (excludes halogenated alkanes) is 3. The van der Waals surface area contributed by atoms with Crippen molar-refractivity contribution in [2.45, 2.75) is 120 Å². The lowest BCUT2D eigenvalue weighted by Gasteiger charge is -2.34. The van der Waals surface area contributed by atoms with Gasteiger partial charge in [0.05, 0.1) is 6.54 Å². The van der Waals surface area contributed by atoms with E-state index >= 15 is 0 Å². The Morgan fingerprint density at radius 2 is 1.69 bits per heavy atom. The molecule has 1 saturated heterocycles. The monoisotopic (exact) mass is 756 g/mol. The Morgan fingerprint density at radius 3 is 2.08 bits per heavy atom. The summed E-state index contributed by atoms with van der Waals surface area (Å²) in [6.07, 6.45) is 27.3. The Morgan fingerprint density at radius 1 is 1.13 bits per heavy atom. The summed E-state index contributed by atoms with van der Waals surface area (Å²) in [7, 11) is 3.54. The summed E-state index contributed by atoms with van der Waals surface area (Å²) in [5.41, 5.74) is -0.229. The molecule has 3 unspecified atom stereocenters. The number of hydrogen-bond acceptors (Lipinski definition) is 6. The van der Waals surface area contributed by atoms with Crippen LogP contribution in [-0.4, -0.2) is 101 Å². The summed E-state index contributed by atoms with van der Waals surface area (Å²) in [5.74, 6) is -0.207. The van der Waals surface area contributed by atoms with Gasteiger partial charge in [0.1, 0.15) is 11.0 Å². The lowest BCUT2D eigenvalue weighted by molar-refractivity contribution is -0.134. The third kappa shape index (κ3) is 36.5. The first-order chi connectivity index (χ1) is 24.4. The summed E-state index contributed by atoms with van der Waals surface area (Å²) in [4.78, 5) is 36.2. The van der Waals surface area contributed by atoms with Crippen LogP contribution in [0, 0.1) is 24.2 Å². The zero-order valence-electron chi connectivity index (χ0n) is 35.0. The number of allylic oxidation sites excluding steroid dienone is 6. The topological polar surface area (TPSA) is 151 Å². The van der Waals surface area contributed by atoms with Crippen molar-refractivity contribution in [3.05, 3.63) is 47.9 Å². The van der Waals surface area contributed by atoms with Gasteiger partial charge in [0.25, 0.3) is 5.97 Å². The molecule has 0 bridgehead atoms. The molecule has 4 atom stereocenters. The van der Waals surface area contributed by atoms with E-state index in [-0.39, 0.29) is 36.0 Å². The number of carboxylic acid groups (broad SMARTS) is 1. The van der Waals surface area contributed by atoms with Crippen molar-refractivity contribution in [2.24, 2.45) is 11.3 Å². The van der Waals surface area contributed by atoms with Crippen LogP contribution in [0.5, 0.6) is 0 Å². The molecule has 0 saturated carbocycles. The van der Waals surface area contributed by atoms with E-state index in [9.17, 15) is 13.8 Å². The maximum atomic E-state index is 12.4. The number of carbonyl (C=O) groups excluding carboxylic acids is 2. The van der Waals surface area contributed by atoms with Crippen LogP contribution in [0.2, 0.25) is 0 Å². The van der Waals surface area contributed by atoms with Crippen LogP contribution in [0.3, 0.4) is 0 Å². The number of aliphatic carboxylic acids is 1. The van der Waals surface area contributed by atoms with Crippen LogP contribution in [0.25, 0.3) is 0 Å². The normalized spacial score (nSPS) is 15.4. The third-order valence-corrected chi connectivity index (χ3v) is 8.82. The van der Waals surface area contributed by atoms with E-state index in [0.29, 0.717) is 12.5 Å². The first-order valence-corrected chi connectivity index (χ1v) is 19.2. The highest BCUT2D eigenvalue weighted by atomic mass is 32.2. The minimum absolute atomic E-state index is 0.00745. The molecule has 11 nitrogen and oxygen atoms in total. The Hall–Kier alpha value is -3.24. The molecule has 5 N–H and O–H groups in total. The highest BCUT2D eigenvalue weighted by Gasteiger charge is 2.30. The van der Waals surface area contributed by atoms with Crippen LogP contribution < -0.4 is 16.0 Å². The number of aliphatic hydroxyl groups is 1. The van der Waals surface area contributed by atoms with Crippen molar-refractivity contribution < 1.29 is 28.8 Å². The van der Waals surface area contributed by atoms with Gasteiger partial charge in [-0.1, -0.05) is 90.5 Å². The number of likely N-dealkylation sites (tertiary alicyclic amines) is 1. The predicted octanol–water partition coefficient (Wildman–Crippen LogP) is 6.91. The highest BCUT2D eigenvalue weighted by Crippen LogP contribution is 2.21. The van der Waals surface area contributed by atoms with Gasteiger partial charge in [-0.05, 0) is 71.8 Å². The number of rotatable bonds is 15. The van der Waals surface area contributed by atoms with Crippen LogP contribution in [-0.2, 0) is 20.6 Å². The SMILES string of the molecule is C#C.C/C=C(\C)S(=O)N(C)CC(NC(=O)NCC(=O)N1CCC[C@H]1C)C(C)(C)C.C=C/C=C\C.CC(=O)O.CCCCC/C=C\C(C)CNC.CO. The van der Waals surface area contributed by atoms with E-state index in [1.165, 1.54) is 25.7 Å². The average molecular weight is 756 g/mol. The van der Waals surface area contributed by atoms with Crippen LogP contribution >= 0.6 is 0 Å². The molecule has 1 aliphatic rings. The van der Waals surface area contributed by atoms with E-state index in [0.717, 1.165) is 44.9 Å². The molecule has 304 valence electrons. The maximum Gasteiger partial charge on any atom is 0.315 e. The second kappa shape index (κ2) is 39.0. The van der Waals surface area contributed by atoms with Gasteiger partial charge in [-0.25, -0.2) is 13.3 Å². The molecule has 1 rings (SSSR count). The molecule has 1 fully saturated rings. The highest BCUT2D eigenvalue weighted by molar-refractivity contribution is 7.86. The van der Waals surface area contributed by atoms with E-state index < -0.39 is 17.0 Å². The van der Waals surface area contributed by atoms with Crippen LogP contribution in [0.15, 0.2) is 47.9 Å². The number of nitrogens with zero attached hydrogens (tertiary/aromatic N) is 2. The van der Waals surface area contributed by atoms with Gasteiger partial charge >= 0.3 is 6.03 Å². The van der Waals surface area contributed by atoms with Gasteiger partial charge in [-0.2, -0.15) is 0 Å². The fraction of sp³-hybridized carbons (Fsp3) is 0.675. The minimum Gasteiger partial charge on any atom is -0.481 e. The van der Waals surface area contributed by atoms with Crippen LogP contribution in [0.4, 0.5) is 4.79 Å². The molecule has 0 aliphatic carbocycles. The molecule has 52 heavy (non-hydrogen) atoms. The fourth-order valence-corrected chi connectivity index (χ4v) is 5.32. The number of aliphatic hydroxyl groups excluding tert-OH is 1. The Bertz CT molecular complexity index is 1050. The van der Waals surface area contributed by atoms with E-state index in [4.69, 9.17) is 15.0 Å². The summed E-state index contributed by atoms with van der Waals surface area (Å²) < 4.78 is 14.1. The number of carbonyl (C=O) groups is 3. The molecule has 0 aromatic rings. The van der Waals surface area contributed by atoms with Crippen molar-refractivity contribution in [3.8, 4) is 12.8 Å². The molecule has 0 aromatic carbocycles. The first kappa shape index (κ1) is 58.1. The predicted molar refractivity (Wildman–Crippen MR) is 223 cm³/mol. The Balaban J connectivity index is -0.000000242.